The van der Waals surface area contributed by atoms with Crippen LogP contribution in [0.25, 0.3) is 0 Å². The van der Waals surface area contributed by atoms with E-state index >= 15 is 0 Å². The zero-order valence-electron chi connectivity index (χ0n) is 16.0. The smallest absolute Gasteiger partial charge is 0.246 e. The number of hydrogen-bond donors (Lipinski definition) is 1. The van der Waals surface area contributed by atoms with Gasteiger partial charge in [0.25, 0.3) is 0 Å². The van der Waals surface area contributed by atoms with Crippen molar-refractivity contribution in [3.05, 3.63) is 0 Å². The van der Waals surface area contributed by atoms with Gasteiger partial charge in [-0.05, 0) is 45.4 Å². The summed E-state index contributed by atoms with van der Waals surface area (Å²) in [5.41, 5.74) is -0.0729. The molecule has 1 unspecified atom stereocenters. The third-order valence-corrected chi connectivity index (χ3v) is 7.70. The number of nitrogens with zero attached hydrogens (tertiary/aromatic N) is 2. The van der Waals surface area contributed by atoms with E-state index in [1.54, 1.807) is 11.8 Å². The lowest BCUT2D eigenvalue weighted by molar-refractivity contribution is -0.152. The summed E-state index contributed by atoms with van der Waals surface area (Å²) in [5.74, 6) is 1.60. The predicted octanol–water partition coefficient (Wildman–Crippen LogP) is 1.10. The average molecular weight is 382 g/mol. The quantitative estimate of drug-likeness (QED) is 0.793. The molecular weight excluding hydrogens is 350 g/mol. The first kappa shape index (κ1) is 18.6. The number of likely N-dealkylation sites (tertiary alicyclic amines) is 1. The average Bonchev–Trinajstić information content (AvgIpc) is 3.42. The van der Waals surface area contributed by atoms with Crippen LogP contribution in [0.2, 0.25) is 0 Å². The largest absolute Gasteiger partial charge is 0.372 e. The van der Waals surface area contributed by atoms with Gasteiger partial charge in [-0.25, -0.2) is 0 Å². The number of carbonyl (C=O) groups is 2. The molecule has 4 rings (SSSR count). The highest BCUT2D eigenvalue weighted by atomic mass is 32.2. The summed E-state index contributed by atoms with van der Waals surface area (Å²) >= 11 is 1.57. The molecule has 4 fully saturated rings. The number of thioether (sulfide) groups is 1. The lowest BCUT2D eigenvalue weighted by Gasteiger charge is -2.48. The lowest BCUT2D eigenvalue weighted by atomic mass is 9.89. The summed E-state index contributed by atoms with van der Waals surface area (Å²) in [6, 6.07) is -0.381. The summed E-state index contributed by atoms with van der Waals surface area (Å²) in [4.78, 5) is 29.5. The first-order valence-electron chi connectivity index (χ1n) is 9.97. The van der Waals surface area contributed by atoms with E-state index in [2.05, 4.69) is 10.2 Å². The first-order chi connectivity index (χ1) is 12.4. The molecule has 1 saturated carbocycles. The molecule has 0 aromatic rings. The van der Waals surface area contributed by atoms with E-state index in [4.69, 9.17) is 4.74 Å². The number of piperidine rings is 1. The van der Waals surface area contributed by atoms with E-state index in [0.717, 1.165) is 51.5 Å². The standard InChI is InChI=1S/C19H31N3O3S/c1-18(2)17(24)20-15(12-26-18)16(23)22-7-5-19(6-8-22)13-21(9-10-25-19)11-14-3-4-14/h14-15H,3-13H2,1-2H3,(H,20,24). The lowest BCUT2D eigenvalue weighted by Crippen LogP contribution is -2.61. The number of nitrogens with one attached hydrogen (secondary N) is 1. The van der Waals surface area contributed by atoms with Gasteiger partial charge in [0.15, 0.2) is 0 Å². The second-order valence-corrected chi connectivity index (χ2v) is 10.5. The zero-order valence-corrected chi connectivity index (χ0v) is 16.8. The number of hydrogen-bond acceptors (Lipinski definition) is 5. The van der Waals surface area contributed by atoms with Crippen LogP contribution in [0.5, 0.6) is 0 Å². The SMILES string of the molecule is CC1(C)SCC(C(=O)N2CCC3(CC2)CN(CC2CC2)CCO3)NC1=O. The van der Waals surface area contributed by atoms with Crippen molar-refractivity contribution in [1.82, 2.24) is 15.1 Å². The Bertz CT molecular complexity index is 570. The molecule has 1 atom stereocenters. The summed E-state index contributed by atoms with van der Waals surface area (Å²) in [6.07, 6.45) is 4.57. The molecule has 146 valence electrons. The normalized spacial score (nSPS) is 31.7. The van der Waals surface area contributed by atoms with E-state index in [0.29, 0.717) is 5.75 Å². The van der Waals surface area contributed by atoms with Crippen molar-refractivity contribution in [3.63, 3.8) is 0 Å². The highest BCUT2D eigenvalue weighted by molar-refractivity contribution is 8.01. The zero-order chi connectivity index (χ0) is 18.4. The van der Waals surface area contributed by atoms with E-state index in [9.17, 15) is 9.59 Å². The number of carbonyl (C=O) groups excluding carboxylic acids is 2. The Morgan fingerprint density at radius 3 is 2.65 bits per heavy atom. The second kappa shape index (κ2) is 6.99. The monoisotopic (exact) mass is 381 g/mol. The molecule has 4 aliphatic rings. The van der Waals surface area contributed by atoms with Crippen LogP contribution < -0.4 is 5.32 Å². The van der Waals surface area contributed by atoms with Crippen LogP contribution in [-0.4, -0.2) is 83.1 Å². The Morgan fingerprint density at radius 1 is 1.27 bits per heavy atom. The van der Waals surface area contributed by atoms with Crippen molar-refractivity contribution in [2.75, 3.05) is 45.1 Å². The van der Waals surface area contributed by atoms with Gasteiger partial charge in [-0.15, -0.1) is 11.8 Å². The third-order valence-electron chi connectivity index (χ3n) is 6.29. The summed E-state index contributed by atoms with van der Waals surface area (Å²) in [7, 11) is 0. The molecule has 7 heteroatoms. The predicted molar refractivity (Wildman–Crippen MR) is 102 cm³/mol. The number of rotatable bonds is 3. The molecule has 1 aliphatic carbocycles. The fourth-order valence-electron chi connectivity index (χ4n) is 4.27. The van der Waals surface area contributed by atoms with Gasteiger partial charge < -0.3 is 15.0 Å². The van der Waals surface area contributed by atoms with Crippen LogP contribution in [0.3, 0.4) is 0 Å². The van der Waals surface area contributed by atoms with Crippen LogP contribution in [0, 0.1) is 5.92 Å². The third kappa shape index (κ3) is 3.90. The van der Waals surface area contributed by atoms with Gasteiger partial charge in [0.1, 0.15) is 6.04 Å². The Balaban J connectivity index is 1.30. The molecular formula is C19H31N3O3S. The van der Waals surface area contributed by atoms with Crippen molar-refractivity contribution in [3.8, 4) is 0 Å². The van der Waals surface area contributed by atoms with Crippen LogP contribution >= 0.6 is 11.8 Å². The molecule has 1 spiro atoms. The summed E-state index contributed by atoms with van der Waals surface area (Å²) < 4.78 is 5.76. The van der Waals surface area contributed by atoms with E-state index < -0.39 is 4.75 Å². The molecule has 2 amide bonds. The van der Waals surface area contributed by atoms with E-state index in [1.165, 1.54) is 19.4 Å². The maximum absolute atomic E-state index is 12.8. The summed E-state index contributed by atoms with van der Waals surface area (Å²) in [6.45, 7) is 9.36. The Morgan fingerprint density at radius 2 is 2.00 bits per heavy atom. The fraction of sp³-hybridized carbons (Fsp3) is 0.895. The maximum atomic E-state index is 12.8. The van der Waals surface area contributed by atoms with Crippen LogP contribution in [0.15, 0.2) is 0 Å². The minimum Gasteiger partial charge on any atom is -0.372 e. The van der Waals surface area contributed by atoms with Crippen LogP contribution in [0.4, 0.5) is 0 Å². The molecule has 0 aromatic heterocycles. The van der Waals surface area contributed by atoms with Gasteiger partial charge in [-0.3, -0.25) is 14.5 Å². The molecule has 0 aromatic carbocycles. The highest BCUT2D eigenvalue weighted by Crippen LogP contribution is 2.35. The number of amides is 2. The van der Waals surface area contributed by atoms with Gasteiger partial charge in [-0.1, -0.05) is 0 Å². The molecule has 26 heavy (non-hydrogen) atoms. The van der Waals surface area contributed by atoms with E-state index in [-0.39, 0.29) is 23.5 Å². The maximum Gasteiger partial charge on any atom is 0.246 e. The van der Waals surface area contributed by atoms with Crippen molar-refractivity contribution >= 4 is 23.6 Å². The first-order valence-corrected chi connectivity index (χ1v) is 11.0. The molecule has 6 nitrogen and oxygen atoms in total. The minimum absolute atomic E-state index is 0.0353. The van der Waals surface area contributed by atoms with Crippen molar-refractivity contribution < 1.29 is 14.3 Å². The molecule has 1 N–H and O–H groups in total. The Labute approximate surface area is 160 Å². The summed E-state index contributed by atoms with van der Waals surface area (Å²) in [5, 5.41) is 2.92. The van der Waals surface area contributed by atoms with Gasteiger partial charge in [0.2, 0.25) is 11.8 Å². The Hall–Kier alpha value is -0.790. The molecule has 3 saturated heterocycles. The second-order valence-electron chi connectivity index (χ2n) is 8.88. The Kier molecular flexibility index (Phi) is 4.99. The topological polar surface area (TPSA) is 61.9 Å². The molecule has 0 radical (unpaired) electrons. The fourth-order valence-corrected chi connectivity index (χ4v) is 5.27. The van der Waals surface area contributed by atoms with Gasteiger partial charge >= 0.3 is 0 Å². The van der Waals surface area contributed by atoms with Crippen molar-refractivity contribution in [1.29, 1.82) is 0 Å². The van der Waals surface area contributed by atoms with Gasteiger partial charge in [-0.2, -0.15) is 0 Å². The number of morpholine rings is 1. The van der Waals surface area contributed by atoms with E-state index in [1.807, 2.05) is 18.7 Å². The van der Waals surface area contributed by atoms with Crippen molar-refractivity contribution in [2.45, 2.75) is 55.9 Å². The van der Waals surface area contributed by atoms with Crippen LogP contribution in [0.1, 0.15) is 39.5 Å². The number of ether oxygens (including phenoxy) is 1. The van der Waals surface area contributed by atoms with Gasteiger partial charge in [0.05, 0.1) is 17.0 Å². The minimum atomic E-state index is -0.441. The molecule has 0 bridgehead atoms. The molecule has 3 aliphatic heterocycles. The molecule has 3 heterocycles. The van der Waals surface area contributed by atoms with Crippen LogP contribution in [-0.2, 0) is 14.3 Å². The van der Waals surface area contributed by atoms with Gasteiger partial charge in [0, 0.05) is 38.5 Å². The highest BCUT2D eigenvalue weighted by Gasteiger charge is 2.44. The van der Waals surface area contributed by atoms with Crippen molar-refractivity contribution in [2.24, 2.45) is 5.92 Å².